The van der Waals surface area contributed by atoms with Gasteiger partial charge in [0.15, 0.2) is 0 Å². The van der Waals surface area contributed by atoms with Gasteiger partial charge in [-0.3, -0.25) is 24.0 Å². The molecular weight excluding hydrogens is 520 g/mol. The maximum Gasteiger partial charge on any atom is 0.279 e. The van der Waals surface area contributed by atoms with Gasteiger partial charge in [0.1, 0.15) is 11.4 Å². The Morgan fingerprint density at radius 3 is 2.53 bits per heavy atom. The van der Waals surface area contributed by atoms with Gasteiger partial charge in [-0.1, -0.05) is 42.5 Å². The molecule has 36 heavy (non-hydrogen) atoms. The Labute approximate surface area is 216 Å². The highest BCUT2D eigenvalue weighted by Crippen LogP contribution is 2.35. The SMILES string of the molecule is Cn1c(NC[C@H](N)Cc2ccccc2)nc(-c2ccncc2)c(N2Cc3cccc(Br)c3C2=O)c1=O. The number of carbonyl (C=O) groups is 1. The second-order valence-electron chi connectivity index (χ2n) is 8.73. The smallest absolute Gasteiger partial charge is 0.279 e. The number of anilines is 2. The standard InChI is InChI=1S/C27H25BrN6O2/c1-33-26(36)24(34-16-19-8-5-9-21(28)22(19)25(34)35)23(18-10-12-30-13-11-18)32-27(33)31-15-20(29)14-17-6-3-2-4-7-17/h2-13,20H,14-16,29H2,1H3,(H,31,32)/t20-/m1/s1. The molecule has 4 aromatic rings. The summed E-state index contributed by atoms with van der Waals surface area (Å²) >= 11 is 3.48. The molecule has 5 rings (SSSR count). The normalized spacial score (nSPS) is 13.5. The van der Waals surface area contributed by atoms with Gasteiger partial charge in [0.25, 0.3) is 11.5 Å². The van der Waals surface area contributed by atoms with Gasteiger partial charge in [0, 0.05) is 42.1 Å². The highest BCUT2D eigenvalue weighted by atomic mass is 79.9. The number of nitrogens with zero attached hydrogens (tertiary/aromatic N) is 4. The Kier molecular flexibility index (Phi) is 6.67. The van der Waals surface area contributed by atoms with E-state index in [0.29, 0.717) is 40.2 Å². The molecule has 2 aromatic heterocycles. The summed E-state index contributed by atoms with van der Waals surface area (Å²) < 4.78 is 2.13. The zero-order valence-corrected chi connectivity index (χ0v) is 21.3. The molecule has 0 unspecified atom stereocenters. The molecule has 1 aliphatic heterocycles. The second kappa shape index (κ2) is 10.0. The van der Waals surface area contributed by atoms with Crippen molar-refractivity contribution in [3.8, 4) is 11.3 Å². The average Bonchev–Trinajstić information content (AvgIpc) is 3.23. The topological polar surface area (TPSA) is 106 Å². The number of aromatic nitrogens is 3. The third-order valence-corrected chi connectivity index (χ3v) is 6.90. The molecule has 0 spiro atoms. The zero-order chi connectivity index (χ0) is 25.2. The molecule has 0 fully saturated rings. The molecule has 2 aromatic carbocycles. The number of rotatable bonds is 7. The fourth-order valence-corrected chi connectivity index (χ4v) is 4.99. The summed E-state index contributed by atoms with van der Waals surface area (Å²) in [7, 11) is 1.64. The van der Waals surface area contributed by atoms with E-state index in [2.05, 4.69) is 26.2 Å². The average molecular weight is 545 g/mol. The molecule has 3 N–H and O–H groups in total. The van der Waals surface area contributed by atoms with Crippen LogP contribution in [0, 0.1) is 0 Å². The van der Waals surface area contributed by atoms with Crippen molar-refractivity contribution in [3.05, 3.63) is 105 Å². The summed E-state index contributed by atoms with van der Waals surface area (Å²) in [6.45, 7) is 0.711. The first-order chi connectivity index (χ1) is 17.4. The lowest BCUT2D eigenvalue weighted by atomic mass is 10.1. The Balaban J connectivity index is 1.51. The lowest BCUT2D eigenvalue weighted by Gasteiger charge is -2.22. The van der Waals surface area contributed by atoms with Crippen LogP contribution >= 0.6 is 15.9 Å². The first-order valence-corrected chi connectivity index (χ1v) is 12.4. The van der Waals surface area contributed by atoms with Crippen LogP contribution in [0.15, 0.2) is 82.3 Å². The van der Waals surface area contributed by atoms with E-state index in [4.69, 9.17) is 10.7 Å². The predicted molar refractivity (Wildman–Crippen MR) is 144 cm³/mol. The van der Waals surface area contributed by atoms with Gasteiger partial charge >= 0.3 is 0 Å². The van der Waals surface area contributed by atoms with Crippen LogP contribution < -0.4 is 21.5 Å². The lowest BCUT2D eigenvalue weighted by molar-refractivity contribution is 0.0995. The highest BCUT2D eigenvalue weighted by molar-refractivity contribution is 9.10. The molecule has 0 saturated carbocycles. The Morgan fingerprint density at radius 1 is 1.06 bits per heavy atom. The van der Waals surface area contributed by atoms with E-state index in [9.17, 15) is 9.59 Å². The van der Waals surface area contributed by atoms with Crippen molar-refractivity contribution in [3.63, 3.8) is 0 Å². The van der Waals surface area contributed by atoms with E-state index < -0.39 is 0 Å². The number of benzene rings is 2. The monoisotopic (exact) mass is 544 g/mol. The Hall–Kier alpha value is -3.82. The highest BCUT2D eigenvalue weighted by Gasteiger charge is 2.34. The van der Waals surface area contributed by atoms with Crippen molar-refractivity contribution in [1.29, 1.82) is 0 Å². The largest absolute Gasteiger partial charge is 0.354 e. The number of amides is 1. The molecule has 0 radical (unpaired) electrons. The summed E-state index contributed by atoms with van der Waals surface area (Å²) in [5.74, 6) is 0.140. The van der Waals surface area contributed by atoms with Crippen molar-refractivity contribution in [2.24, 2.45) is 12.8 Å². The fourth-order valence-electron chi connectivity index (χ4n) is 4.41. The quantitative estimate of drug-likeness (QED) is 0.367. The third-order valence-electron chi connectivity index (χ3n) is 6.24. The summed E-state index contributed by atoms with van der Waals surface area (Å²) in [6, 6.07) is 19.0. The number of nitrogens with two attached hydrogens (primary N) is 1. The van der Waals surface area contributed by atoms with Gasteiger partial charge in [0.05, 0.1) is 12.1 Å². The number of fused-ring (bicyclic) bond motifs is 1. The number of carbonyl (C=O) groups excluding carboxylic acids is 1. The van der Waals surface area contributed by atoms with Gasteiger partial charge in [-0.2, -0.15) is 0 Å². The van der Waals surface area contributed by atoms with Crippen LogP contribution in [-0.4, -0.2) is 33.0 Å². The summed E-state index contributed by atoms with van der Waals surface area (Å²) in [6.07, 6.45) is 3.96. The summed E-state index contributed by atoms with van der Waals surface area (Å²) in [5.41, 5.74) is 9.93. The van der Waals surface area contributed by atoms with E-state index in [0.717, 1.165) is 11.1 Å². The number of nitrogens with one attached hydrogen (secondary N) is 1. The molecule has 1 amide bonds. The first kappa shape index (κ1) is 23.9. The van der Waals surface area contributed by atoms with Crippen LogP contribution in [0.2, 0.25) is 0 Å². The third kappa shape index (κ3) is 4.55. The van der Waals surface area contributed by atoms with E-state index in [-0.39, 0.29) is 29.7 Å². The van der Waals surface area contributed by atoms with Gasteiger partial charge < -0.3 is 11.1 Å². The van der Waals surface area contributed by atoms with Crippen molar-refractivity contribution in [2.75, 3.05) is 16.8 Å². The molecule has 0 aliphatic carbocycles. The number of hydrogen-bond acceptors (Lipinski definition) is 6. The Bertz CT molecular complexity index is 1470. The molecule has 1 aliphatic rings. The van der Waals surface area contributed by atoms with Crippen molar-refractivity contribution in [1.82, 2.24) is 14.5 Å². The van der Waals surface area contributed by atoms with Crippen molar-refractivity contribution < 1.29 is 4.79 Å². The van der Waals surface area contributed by atoms with Crippen LogP contribution in [0.4, 0.5) is 11.6 Å². The number of halogens is 1. The van der Waals surface area contributed by atoms with Gasteiger partial charge in [-0.05, 0) is 51.7 Å². The molecule has 9 heteroatoms. The van der Waals surface area contributed by atoms with Crippen LogP contribution in [-0.2, 0) is 20.0 Å². The van der Waals surface area contributed by atoms with Gasteiger partial charge in [-0.15, -0.1) is 0 Å². The van der Waals surface area contributed by atoms with E-state index in [1.807, 2.05) is 48.5 Å². The minimum Gasteiger partial charge on any atom is -0.354 e. The minimum atomic E-state index is -0.326. The number of hydrogen-bond donors (Lipinski definition) is 2. The molecule has 8 nitrogen and oxygen atoms in total. The van der Waals surface area contributed by atoms with Gasteiger partial charge in [-0.25, -0.2) is 4.98 Å². The summed E-state index contributed by atoms with van der Waals surface area (Å²) in [5, 5.41) is 3.24. The Morgan fingerprint density at radius 2 is 1.81 bits per heavy atom. The number of pyridine rings is 1. The van der Waals surface area contributed by atoms with E-state index in [1.54, 1.807) is 31.6 Å². The molecule has 3 heterocycles. The maximum absolute atomic E-state index is 13.7. The molecule has 0 saturated heterocycles. The van der Waals surface area contributed by atoms with Crippen molar-refractivity contribution in [2.45, 2.75) is 19.0 Å². The minimum absolute atomic E-state index is 0.180. The van der Waals surface area contributed by atoms with E-state index >= 15 is 0 Å². The molecule has 1 atom stereocenters. The lowest BCUT2D eigenvalue weighted by Crippen LogP contribution is -2.36. The van der Waals surface area contributed by atoms with Gasteiger partial charge in [0.2, 0.25) is 5.95 Å². The van der Waals surface area contributed by atoms with Crippen LogP contribution in [0.1, 0.15) is 21.5 Å². The van der Waals surface area contributed by atoms with Crippen LogP contribution in [0.3, 0.4) is 0 Å². The first-order valence-electron chi connectivity index (χ1n) is 11.6. The second-order valence-corrected chi connectivity index (χ2v) is 9.58. The predicted octanol–water partition coefficient (Wildman–Crippen LogP) is 3.75. The molecule has 0 bridgehead atoms. The summed E-state index contributed by atoms with van der Waals surface area (Å²) in [4.78, 5) is 37.5. The van der Waals surface area contributed by atoms with E-state index in [1.165, 1.54) is 9.47 Å². The maximum atomic E-state index is 13.7. The molecular formula is C27H25BrN6O2. The zero-order valence-electron chi connectivity index (χ0n) is 19.7. The molecule has 182 valence electrons. The fraction of sp³-hybridized carbons (Fsp3) is 0.185. The van der Waals surface area contributed by atoms with Crippen LogP contribution in [0.25, 0.3) is 11.3 Å². The van der Waals surface area contributed by atoms with Crippen molar-refractivity contribution >= 4 is 33.5 Å². The van der Waals surface area contributed by atoms with Crippen LogP contribution in [0.5, 0.6) is 0 Å².